The summed E-state index contributed by atoms with van der Waals surface area (Å²) in [7, 11) is -3.62. The van der Waals surface area contributed by atoms with Crippen molar-refractivity contribution in [1.29, 1.82) is 0 Å². The molecule has 0 bridgehead atoms. The molecule has 2 aromatic rings. The van der Waals surface area contributed by atoms with E-state index in [1.807, 2.05) is 30.3 Å². The van der Waals surface area contributed by atoms with Crippen molar-refractivity contribution in [3.8, 4) is 0 Å². The molecule has 0 amide bonds. The topological polar surface area (TPSA) is 93.0 Å². The zero-order valence-electron chi connectivity index (χ0n) is 10.1. The Labute approximate surface area is 111 Å². The quantitative estimate of drug-likeness (QED) is 0.866. The highest BCUT2D eigenvalue weighted by Crippen LogP contribution is 2.24. The number of hydrogen-bond acceptors (Lipinski definition) is 3. The highest BCUT2D eigenvalue weighted by Gasteiger charge is 2.19. The maximum atomic E-state index is 11.4. The number of rotatable bonds is 4. The summed E-state index contributed by atoms with van der Waals surface area (Å²) in [6.45, 7) is 0. The summed E-state index contributed by atoms with van der Waals surface area (Å²) >= 11 is 0. The van der Waals surface area contributed by atoms with Gasteiger partial charge in [0.05, 0.1) is 5.75 Å². The lowest BCUT2D eigenvalue weighted by molar-refractivity contribution is 0.594. The van der Waals surface area contributed by atoms with Crippen LogP contribution in [0.15, 0.2) is 53.5 Å². The average Bonchev–Trinajstić information content (AvgIpc) is 2.37. The van der Waals surface area contributed by atoms with E-state index in [0.29, 0.717) is 5.56 Å². The molecular weight excluding hydrogens is 264 g/mol. The number of aromatic nitrogens is 1. The van der Waals surface area contributed by atoms with E-state index in [9.17, 15) is 13.2 Å². The smallest absolute Gasteiger partial charge is 0.247 e. The number of primary sulfonamides is 1. The van der Waals surface area contributed by atoms with Crippen LogP contribution in [0.2, 0.25) is 0 Å². The molecule has 0 fully saturated rings. The minimum absolute atomic E-state index is 0.205. The van der Waals surface area contributed by atoms with Crippen LogP contribution in [-0.2, 0) is 10.0 Å². The summed E-state index contributed by atoms with van der Waals surface area (Å²) in [6.07, 6.45) is 1.52. The van der Waals surface area contributed by atoms with Gasteiger partial charge in [-0.15, -0.1) is 0 Å². The summed E-state index contributed by atoms with van der Waals surface area (Å²) in [5.41, 5.74) is 1.31. The van der Waals surface area contributed by atoms with Crippen LogP contribution >= 0.6 is 0 Å². The van der Waals surface area contributed by atoms with Gasteiger partial charge in [0.25, 0.3) is 0 Å². The molecule has 3 N–H and O–H groups in total. The molecule has 1 unspecified atom stereocenters. The van der Waals surface area contributed by atoms with Crippen LogP contribution in [0.3, 0.4) is 0 Å². The largest absolute Gasteiger partial charge is 0.329 e. The van der Waals surface area contributed by atoms with Gasteiger partial charge < -0.3 is 4.98 Å². The summed E-state index contributed by atoms with van der Waals surface area (Å²) in [5.74, 6) is -0.601. The average molecular weight is 278 g/mol. The predicted octanol–water partition coefficient (Wildman–Crippen LogP) is 0.795. The van der Waals surface area contributed by atoms with Gasteiger partial charge in [-0.3, -0.25) is 4.79 Å². The van der Waals surface area contributed by atoms with Crippen molar-refractivity contribution in [3.63, 3.8) is 0 Å². The molecule has 0 radical (unpaired) electrons. The Morgan fingerprint density at radius 2 is 1.74 bits per heavy atom. The van der Waals surface area contributed by atoms with Gasteiger partial charge in [-0.25, -0.2) is 13.6 Å². The Kier molecular flexibility index (Phi) is 3.82. The van der Waals surface area contributed by atoms with Crippen LogP contribution in [-0.4, -0.2) is 19.2 Å². The SMILES string of the molecule is NS(=O)(=O)CC(c1ccccc1)c1ccc(=O)[nH]c1. The number of nitrogens with one attached hydrogen (secondary N) is 1. The number of H-pyrrole nitrogens is 1. The second kappa shape index (κ2) is 5.38. The van der Waals surface area contributed by atoms with Crippen molar-refractivity contribution in [3.05, 3.63) is 70.1 Å². The number of hydrogen-bond donors (Lipinski definition) is 2. The van der Waals surface area contributed by atoms with E-state index in [1.54, 1.807) is 6.07 Å². The fourth-order valence-corrected chi connectivity index (χ4v) is 2.79. The molecule has 0 saturated carbocycles. The van der Waals surface area contributed by atoms with Crippen LogP contribution in [0.25, 0.3) is 0 Å². The van der Waals surface area contributed by atoms with Crippen molar-refractivity contribution in [2.24, 2.45) is 5.14 Å². The molecule has 1 aromatic carbocycles. The molecule has 6 heteroatoms. The van der Waals surface area contributed by atoms with E-state index in [4.69, 9.17) is 5.14 Å². The molecule has 100 valence electrons. The van der Waals surface area contributed by atoms with Crippen molar-refractivity contribution in [2.75, 3.05) is 5.75 Å². The third-order valence-electron chi connectivity index (χ3n) is 2.81. The number of nitrogens with two attached hydrogens (primary N) is 1. The van der Waals surface area contributed by atoms with Gasteiger partial charge in [0.2, 0.25) is 15.6 Å². The van der Waals surface area contributed by atoms with E-state index in [2.05, 4.69) is 4.98 Å². The maximum absolute atomic E-state index is 11.4. The standard InChI is InChI=1S/C13H14N2O3S/c14-19(17,18)9-12(10-4-2-1-3-5-10)11-6-7-13(16)15-8-11/h1-8,12H,9H2,(H,15,16)(H2,14,17,18). The van der Waals surface area contributed by atoms with Crippen LogP contribution in [0.1, 0.15) is 17.0 Å². The first-order valence-corrected chi connectivity index (χ1v) is 7.41. The van der Waals surface area contributed by atoms with Crippen molar-refractivity contribution >= 4 is 10.0 Å². The minimum atomic E-state index is -3.62. The summed E-state index contributed by atoms with van der Waals surface area (Å²) in [6, 6.07) is 12.2. The van der Waals surface area contributed by atoms with Crippen molar-refractivity contribution in [1.82, 2.24) is 4.98 Å². The lowest BCUT2D eigenvalue weighted by Crippen LogP contribution is -2.23. The molecule has 0 aliphatic carbocycles. The van der Waals surface area contributed by atoms with Crippen LogP contribution in [0, 0.1) is 0 Å². The van der Waals surface area contributed by atoms with Gasteiger partial charge in [-0.1, -0.05) is 36.4 Å². The van der Waals surface area contributed by atoms with Gasteiger partial charge >= 0.3 is 0 Å². The third-order valence-corrected chi connectivity index (χ3v) is 3.61. The Morgan fingerprint density at radius 3 is 2.26 bits per heavy atom. The van der Waals surface area contributed by atoms with Gasteiger partial charge in [-0.05, 0) is 11.1 Å². The molecule has 2 rings (SSSR count). The Morgan fingerprint density at radius 1 is 1.05 bits per heavy atom. The Hall–Kier alpha value is -1.92. The highest BCUT2D eigenvalue weighted by molar-refractivity contribution is 7.89. The number of benzene rings is 1. The molecule has 1 aromatic heterocycles. The monoisotopic (exact) mass is 278 g/mol. The van der Waals surface area contributed by atoms with Gasteiger partial charge in [0, 0.05) is 18.2 Å². The molecule has 1 atom stereocenters. The summed E-state index contributed by atoms with van der Waals surface area (Å²) in [5, 5.41) is 5.14. The van der Waals surface area contributed by atoms with Crippen LogP contribution in [0.5, 0.6) is 0 Å². The molecule has 5 nitrogen and oxygen atoms in total. The van der Waals surface area contributed by atoms with Gasteiger partial charge in [0.1, 0.15) is 0 Å². The molecule has 1 heterocycles. The fourth-order valence-electron chi connectivity index (χ4n) is 1.94. The first-order chi connectivity index (χ1) is 8.96. The van der Waals surface area contributed by atoms with E-state index >= 15 is 0 Å². The number of sulfonamides is 1. The third kappa shape index (κ3) is 3.77. The van der Waals surface area contributed by atoms with Gasteiger partial charge in [-0.2, -0.15) is 0 Å². The summed E-state index contributed by atoms with van der Waals surface area (Å²) in [4.78, 5) is 13.6. The zero-order valence-corrected chi connectivity index (χ0v) is 10.9. The molecule has 0 aliphatic rings. The van der Waals surface area contributed by atoms with Crippen LogP contribution in [0.4, 0.5) is 0 Å². The predicted molar refractivity (Wildman–Crippen MR) is 73.3 cm³/mol. The normalized spacial score (nSPS) is 13.1. The molecule has 0 aliphatic heterocycles. The first-order valence-electron chi connectivity index (χ1n) is 5.70. The number of pyridine rings is 1. The molecule has 19 heavy (non-hydrogen) atoms. The molecule has 0 spiro atoms. The van der Waals surface area contributed by atoms with Crippen molar-refractivity contribution in [2.45, 2.75) is 5.92 Å². The van der Waals surface area contributed by atoms with E-state index in [-0.39, 0.29) is 11.3 Å². The zero-order chi connectivity index (χ0) is 13.9. The lowest BCUT2D eigenvalue weighted by atomic mass is 9.94. The maximum Gasteiger partial charge on any atom is 0.247 e. The van der Waals surface area contributed by atoms with Crippen LogP contribution < -0.4 is 10.7 Å². The summed E-state index contributed by atoms with van der Waals surface area (Å²) < 4.78 is 22.7. The minimum Gasteiger partial charge on any atom is -0.329 e. The van der Waals surface area contributed by atoms with Gasteiger partial charge in [0.15, 0.2) is 0 Å². The second-order valence-electron chi connectivity index (χ2n) is 4.28. The fraction of sp³-hybridized carbons (Fsp3) is 0.154. The highest BCUT2D eigenvalue weighted by atomic mass is 32.2. The van der Waals surface area contributed by atoms with Crippen molar-refractivity contribution < 1.29 is 8.42 Å². The molecule has 0 saturated heterocycles. The lowest BCUT2D eigenvalue weighted by Gasteiger charge is -2.16. The Bertz CT molecular complexity index is 688. The van der Waals surface area contributed by atoms with E-state index in [1.165, 1.54) is 12.3 Å². The first kappa shape index (κ1) is 13.5. The molecular formula is C13H14N2O3S. The second-order valence-corrected chi connectivity index (χ2v) is 5.94. The number of aromatic amines is 1. The Balaban J connectivity index is 2.45. The van der Waals surface area contributed by atoms with E-state index < -0.39 is 15.9 Å². The van der Waals surface area contributed by atoms with E-state index in [0.717, 1.165) is 5.56 Å².